The van der Waals surface area contributed by atoms with Crippen molar-refractivity contribution >= 4 is 21.9 Å². The van der Waals surface area contributed by atoms with E-state index in [0.29, 0.717) is 25.2 Å². The van der Waals surface area contributed by atoms with E-state index in [1.54, 1.807) is 11.1 Å². The number of hydrogen-bond acceptors (Lipinski definition) is 6. The lowest BCUT2D eigenvalue weighted by Crippen LogP contribution is -2.38. The molecule has 2 aromatic rings. The largest absolute Gasteiger partial charge is 0.368 e. The van der Waals surface area contributed by atoms with Gasteiger partial charge < -0.3 is 10.6 Å². The van der Waals surface area contributed by atoms with E-state index in [-0.39, 0.29) is 29.7 Å². The van der Waals surface area contributed by atoms with Crippen molar-refractivity contribution in [1.82, 2.24) is 19.6 Å². The van der Waals surface area contributed by atoms with Crippen LogP contribution in [0.4, 0.5) is 10.3 Å². The highest BCUT2D eigenvalue weighted by molar-refractivity contribution is 7.89. The van der Waals surface area contributed by atoms with Crippen LogP contribution in [0.5, 0.6) is 0 Å². The Hall–Kier alpha value is -2.59. The van der Waals surface area contributed by atoms with Crippen LogP contribution in [0.25, 0.3) is 0 Å². The second-order valence-corrected chi connectivity index (χ2v) is 7.64. The van der Waals surface area contributed by atoms with E-state index in [2.05, 4.69) is 14.7 Å². The van der Waals surface area contributed by atoms with Gasteiger partial charge in [0.1, 0.15) is 5.82 Å². The van der Waals surface area contributed by atoms with Crippen molar-refractivity contribution in [2.45, 2.75) is 24.3 Å². The number of nitrogen functional groups attached to an aromatic ring is 1. The Labute approximate surface area is 150 Å². The average molecular weight is 379 g/mol. The highest BCUT2D eigenvalue weighted by Crippen LogP contribution is 2.17. The van der Waals surface area contributed by atoms with Crippen LogP contribution in [0.2, 0.25) is 0 Å². The first-order valence-electron chi connectivity index (χ1n) is 7.98. The van der Waals surface area contributed by atoms with Crippen molar-refractivity contribution in [3.63, 3.8) is 0 Å². The first-order chi connectivity index (χ1) is 12.3. The molecule has 1 aromatic heterocycles. The van der Waals surface area contributed by atoms with E-state index in [0.717, 1.165) is 17.7 Å². The summed E-state index contributed by atoms with van der Waals surface area (Å²) < 4.78 is 39.7. The number of halogens is 1. The average Bonchev–Trinajstić information content (AvgIpc) is 2.60. The van der Waals surface area contributed by atoms with E-state index in [1.807, 2.05) is 0 Å². The topological polar surface area (TPSA) is 118 Å². The molecular formula is C16H18FN5O3S. The molecule has 10 heteroatoms. The van der Waals surface area contributed by atoms with Gasteiger partial charge in [0.05, 0.1) is 17.1 Å². The first kappa shape index (κ1) is 18.2. The van der Waals surface area contributed by atoms with Crippen LogP contribution in [0.3, 0.4) is 0 Å². The number of amides is 1. The smallest absolute Gasteiger partial charge is 0.240 e. The fourth-order valence-corrected chi connectivity index (χ4v) is 3.76. The van der Waals surface area contributed by atoms with Gasteiger partial charge in [0.25, 0.3) is 0 Å². The van der Waals surface area contributed by atoms with Crippen molar-refractivity contribution in [2.75, 3.05) is 18.8 Å². The summed E-state index contributed by atoms with van der Waals surface area (Å²) in [5, 5.41) is 0. The lowest BCUT2D eigenvalue weighted by atomic mass is 10.1. The number of sulfonamides is 1. The third kappa shape index (κ3) is 4.14. The molecule has 1 aliphatic heterocycles. The molecule has 0 saturated carbocycles. The number of nitrogens with zero attached hydrogens (tertiary/aromatic N) is 3. The molecule has 8 nitrogen and oxygen atoms in total. The van der Waals surface area contributed by atoms with E-state index in [4.69, 9.17) is 5.73 Å². The van der Waals surface area contributed by atoms with E-state index in [9.17, 15) is 17.6 Å². The molecule has 0 spiro atoms. The Bertz CT molecular complexity index is 935. The molecule has 1 aromatic carbocycles. The fourth-order valence-electron chi connectivity index (χ4n) is 2.70. The summed E-state index contributed by atoms with van der Waals surface area (Å²) in [6.45, 7) is 0.750. The van der Waals surface area contributed by atoms with Gasteiger partial charge in [-0.25, -0.2) is 27.5 Å². The predicted molar refractivity (Wildman–Crippen MR) is 91.8 cm³/mol. The van der Waals surface area contributed by atoms with E-state index < -0.39 is 15.8 Å². The SMILES string of the molecule is Nc1ncc2c(n1)CN(C(=O)CCNS(=O)(=O)c1cccc(F)c1)CC2. The van der Waals surface area contributed by atoms with Gasteiger partial charge in [0, 0.05) is 25.7 Å². The highest BCUT2D eigenvalue weighted by atomic mass is 32.2. The van der Waals surface area contributed by atoms with Crippen LogP contribution in [0.15, 0.2) is 35.4 Å². The predicted octanol–water partition coefficient (Wildman–Crippen LogP) is 0.451. The molecule has 0 bridgehead atoms. The molecule has 0 fully saturated rings. The minimum Gasteiger partial charge on any atom is -0.368 e. The highest BCUT2D eigenvalue weighted by Gasteiger charge is 2.22. The van der Waals surface area contributed by atoms with Crippen LogP contribution in [0, 0.1) is 5.82 Å². The molecule has 2 heterocycles. The Balaban J connectivity index is 1.56. The monoisotopic (exact) mass is 379 g/mol. The summed E-state index contributed by atoms with van der Waals surface area (Å²) in [7, 11) is -3.86. The molecule has 1 amide bonds. The van der Waals surface area contributed by atoms with Crippen molar-refractivity contribution in [3.8, 4) is 0 Å². The van der Waals surface area contributed by atoms with Crippen molar-refractivity contribution < 1.29 is 17.6 Å². The van der Waals surface area contributed by atoms with Gasteiger partial charge in [-0.15, -0.1) is 0 Å². The first-order valence-corrected chi connectivity index (χ1v) is 9.47. The molecule has 0 atom stereocenters. The summed E-state index contributed by atoms with van der Waals surface area (Å²) in [5.41, 5.74) is 7.23. The summed E-state index contributed by atoms with van der Waals surface area (Å²) in [6.07, 6.45) is 2.27. The zero-order chi connectivity index (χ0) is 18.7. The summed E-state index contributed by atoms with van der Waals surface area (Å²) in [4.78, 5) is 21.8. The van der Waals surface area contributed by atoms with E-state index >= 15 is 0 Å². The third-order valence-electron chi connectivity index (χ3n) is 4.05. The second kappa shape index (κ2) is 7.34. The Morgan fingerprint density at radius 1 is 1.38 bits per heavy atom. The minimum absolute atomic E-state index is 0.00948. The number of hydrogen-bond donors (Lipinski definition) is 2. The number of aromatic nitrogens is 2. The summed E-state index contributed by atoms with van der Waals surface area (Å²) in [6, 6.07) is 4.69. The quantitative estimate of drug-likeness (QED) is 0.779. The lowest BCUT2D eigenvalue weighted by molar-refractivity contribution is -0.132. The molecular weight excluding hydrogens is 361 g/mol. The molecule has 138 valence electrons. The van der Waals surface area contributed by atoms with Crippen molar-refractivity contribution in [1.29, 1.82) is 0 Å². The molecule has 26 heavy (non-hydrogen) atoms. The Kier molecular flexibility index (Phi) is 5.14. The van der Waals surface area contributed by atoms with Gasteiger partial charge in [-0.1, -0.05) is 6.07 Å². The van der Waals surface area contributed by atoms with Gasteiger partial charge in [0.2, 0.25) is 21.9 Å². The number of nitrogens with two attached hydrogens (primary N) is 1. The van der Waals surface area contributed by atoms with Crippen molar-refractivity contribution in [3.05, 3.63) is 47.5 Å². The molecule has 0 aliphatic carbocycles. The maximum absolute atomic E-state index is 13.2. The molecule has 3 rings (SSSR count). The number of fused-ring (bicyclic) bond motifs is 1. The number of anilines is 1. The van der Waals surface area contributed by atoms with Crippen molar-refractivity contribution in [2.24, 2.45) is 0 Å². The fraction of sp³-hybridized carbons (Fsp3) is 0.312. The molecule has 0 unspecified atom stereocenters. The van der Waals surface area contributed by atoms with Gasteiger partial charge >= 0.3 is 0 Å². The normalized spacial score (nSPS) is 14.1. The van der Waals surface area contributed by atoms with Gasteiger partial charge in [-0.3, -0.25) is 4.79 Å². The maximum Gasteiger partial charge on any atom is 0.240 e. The minimum atomic E-state index is -3.86. The van der Waals surface area contributed by atoms with Gasteiger partial charge in [0.15, 0.2) is 0 Å². The lowest BCUT2D eigenvalue weighted by Gasteiger charge is -2.28. The van der Waals surface area contributed by atoms with E-state index in [1.165, 1.54) is 12.1 Å². The maximum atomic E-state index is 13.2. The third-order valence-corrected chi connectivity index (χ3v) is 5.51. The van der Waals surface area contributed by atoms with Crippen LogP contribution < -0.4 is 10.5 Å². The molecule has 1 aliphatic rings. The second-order valence-electron chi connectivity index (χ2n) is 5.87. The number of carbonyl (C=O) groups is 1. The van der Waals surface area contributed by atoms with Crippen LogP contribution in [-0.2, 0) is 27.8 Å². The number of carbonyl (C=O) groups excluding carboxylic acids is 1. The Morgan fingerprint density at radius 3 is 2.96 bits per heavy atom. The molecule has 3 N–H and O–H groups in total. The summed E-state index contributed by atoms with van der Waals surface area (Å²) in [5.74, 6) is -0.687. The molecule has 0 saturated heterocycles. The number of benzene rings is 1. The van der Waals surface area contributed by atoms with Crippen LogP contribution in [-0.4, -0.2) is 42.3 Å². The molecule has 0 radical (unpaired) electrons. The van der Waals surface area contributed by atoms with Crippen LogP contribution >= 0.6 is 0 Å². The number of nitrogens with one attached hydrogen (secondary N) is 1. The zero-order valence-corrected chi connectivity index (χ0v) is 14.7. The van der Waals surface area contributed by atoms with Gasteiger partial charge in [-0.05, 0) is 30.2 Å². The summed E-state index contributed by atoms with van der Waals surface area (Å²) >= 11 is 0. The van der Waals surface area contributed by atoms with Gasteiger partial charge in [-0.2, -0.15) is 0 Å². The Morgan fingerprint density at radius 2 is 2.19 bits per heavy atom. The number of rotatable bonds is 5. The zero-order valence-electron chi connectivity index (χ0n) is 13.9. The van der Waals surface area contributed by atoms with Crippen LogP contribution in [0.1, 0.15) is 17.7 Å². The standard InChI is InChI=1S/C16H18FN5O3S/c17-12-2-1-3-13(8-12)26(24,25)20-6-4-15(23)22-7-5-11-9-19-16(18)21-14(11)10-22/h1-3,8-9,20H,4-7,10H2,(H2,18,19,21).